The first-order valence-electron chi connectivity index (χ1n) is 3.21. The first-order chi connectivity index (χ1) is 6.43. The van der Waals surface area contributed by atoms with Gasteiger partial charge in [0.1, 0.15) is 5.02 Å². The third-order valence-electron chi connectivity index (χ3n) is 1.28. The molecule has 1 aromatic rings. The molecule has 0 aliphatic rings. The van der Waals surface area contributed by atoms with E-state index in [-0.39, 0.29) is 25.8 Å². The highest BCUT2D eigenvalue weighted by molar-refractivity contribution is 6.50. The molecular weight excluding hydrogens is 313 g/mol. The van der Waals surface area contributed by atoms with Crippen LogP contribution in [0, 0.1) is 0 Å². The normalized spacial score (nSPS) is 10.8. The molecule has 0 saturated heterocycles. The van der Waals surface area contributed by atoms with Gasteiger partial charge in [-0.15, -0.1) is 0 Å². The highest BCUT2D eigenvalue weighted by atomic mass is 35.5. The van der Waals surface area contributed by atoms with Crippen molar-refractivity contribution in [2.45, 2.75) is 5.02 Å². The maximum absolute atomic E-state index is 5.80. The van der Waals surface area contributed by atoms with Gasteiger partial charge < -0.3 is 4.74 Å². The Morgan fingerprint density at radius 2 is 1.50 bits per heavy atom. The maximum atomic E-state index is 5.80. The summed E-state index contributed by atoms with van der Waals surface area (Å²) >= 11 is 33.8. The van der Waals surface area contributed by atoms with E-state index in [4.69, 9.17) is 74.3 Å². The van der Waals surface area contributed by atoms with E-state index in [2.05, 4.69) is 0 Å². The molecule has 0 N–H and O–H groups in total. The van der Waals surface area contributed by atoms with Gasteiger partial charge in [-0.25, -0.2) is 0 Å². The zero-order chi connectivity index (χ0) is 10.9. The first-order valence-corrected chi connectivity index (χ1v) is 5.59. The second kappa shape index (κ2) is 5.20. The van der Waals surface area contributed by atoms with Crippen molar-refractivity contribution in [3.05, 3.63) is 26.2 Å². The lowest BCUT2D eigenvalue weighted by molar-refractivity contribution is 0.355. The number of rotatable bonds is 2. The van der Waals surface area contributed by atoms with Gasteiger partial charge >= 0.3 is 0 Å². The van der Waals surface area contributed by atoms with Gasteiger partial charge in [-0.3, -0.25) is 0 Å². The molecule has 0 aliphatic carbocycles. The summed E-state index contributed by atoms with van der Waals surface area (Å²) in [6, 6.07) is 1.39. The molecule has 1 rings (SSSR count). The first kappa shape index (κ1) is 12.8. The van der Waals surface area contributed by atoms with Crippen molar-refractivity contribution in [2.75, 3.05) is 0 Å². The number of hydrogen-bond acceptors (Lipinski definition) is 1. The largest absolute Gasteiger partial charge is 0.458 e. The van der Waals surface area contributed by atoms with Gasteiger partial charge in [0.15, 0.2) is 5.75 Å². The summed E-state index contributed by atoms with van der Waals surface area (Å²) in [7, 11) is 0. The van der Waals surface area contributed by atoms with Crippen LogP contribution in [0.3, 0.4) is 0 Å². The average molecular weight is 315 g/mol. The monoisotopic (exact) mass is 312 g/mol. The molecule has 0 bridgehead atoms. The molecule has 7 heteroatoms. The second-order valence-electron chi connectivity index (χ2n) is 2.18. The van der Waals surface area contributed by atoms with Gasteiger partial charge in [0, 0.05) is 0 Å². The Labute approximate surface area is 111 Å². The van der Waals surface area contributed by atoms with Gasteiger partial charge in [-0.1, -0.05) is 69.6 Å². The van der Waals surface area contributed by atoms with Crippen LogP contribution in [0.5, 0.6) is 5.75 Å². The fourth-order valence-corrected chi connectivity index (χ4v) is 1.92. The molecule has 1 nitrogen and oxygen atoms in total. The Bertz CT molecular complexity index is 351. The highest BCUT2D eigenvalue weighted by Gasteiger charge is 2.16. The Hall–Kier alpha value is 0.760. The van der Waals surface area contributed by atoms with Crippen molar-refractivity contribution in [1.82, 2.24) is 0 Å². The summed E-state index contributed by atoms with van der Waals surface area (Å²) in [6.07, 6.45) is 0. The summed E-state index contributed by atoms with van der Waals surface area (Å²) in [5.74, 6) is 0.109. The quantitative estimate of drug-likeness (QED) is 0.401. The third kappa shape index (κ3) is 2.88. The van der Waals surface area contributed by atoms with E-state index in [0.717, 1.165) is 0 Å². The fraction of sp³-hybridized carbons (Fsp3) is 0.143. The minimum Gasteiger partial charge on any atom is -0.458 e. The fourth-order valence-electron chi connectivity index (χ4n) is 0.747. The molecule has 14 heavy (non-hydrogen) atoms. The second-order valence-corrected chi connectivity index (χ2v) is 4.76. The predicted molar refractivity (Wildman–Crippen MR) is 62.6 cm³/mol. The summed E-state index contributed by atoms with van der Waals surface area (Å²) in [5.41, 5.74) is 0. The lowest BCUT2D eigenvalue weighted by Crippen LogP contribution is -2.00. The molecule has 0 saturated carbocycles. The Kier molecular flexibility index (Phi) is 4.76. The van der Waals surface area contributed by atoms with E-state index in [9.17, 15) is 0 Å². The van der Waals surface area contributed by atoms with Crippen molar-refractivity contribution in [3.8, 4) is 5.75 Å². The zero-order valence-corrected chi connectivity index (χ0v) is 10.9. The van der Waals surface area contributed by atoms with E-state index in [1.54, 1.807) is 0 Å². The summed E-state index contributed by atoms with van der Waals surface area (Å²) in [6.45, 7) is 0. The van der Waals surface area contributed by atoms with E-state index in [1.165, 1.54) is 6.07 Å². The number of hydrogen-bond donors (Lipinski definition) is 0. The highest BCUT2D eigenvalue weighted by Crippen LogP contribution is 2.43. The SMILES string of the molecule is Clc1cc(Cl)c(OC(Cl)Cl)c(Cl)c1Cl. The minimum atomic E-state index is -1.08. The third-order valence-corrected chi connectivity index (χ3v) is 2.98. The van der Waals surface area contributed by atoms with E-state index < -0.39 is 5.02 Å². The predicted octanol–water partition coefficient (Wildman–Crippen LogP) is 5.44. The molecule has 0 radical (unpaired) electrons. The summed E-state index contributed by atoms with van der Waals surface area (Å²) < 4.78 is 4.94. The van der Waals surface area contributed by atoms with Gasteiger partial charge in [0.05, 0.1) is 15.1 Å². The topological polar surface area (TPSA) is 9.23 Å². The molecule has 1 aromatic carbocycles. The molecule has 78 valence electrons. The smallest absolute Gasteiger partial charge is 0.248 e. The van der Waals surface area contributed by atoms with Crippen LogP contribution in [0.25, 0.3) is 0 Å². The number of benzene rings is 1. The van der Waals surface area contributed by atoms with Crippen LogP contribution in [0.15, 0.2) is 6.07 Å². The van der Waals surface area contributed by atoms with E-state index >= 15 is 0 Å². The summed E-state index contributed by atoms with van der Waals surface area (Å²) in [5, 5.41) is -0.440. The van der Waals surface area contributed by atoms with Crippen molar-refractivity contribution in [3.63, 3.8) is 0 Å². The molecular formula is C7H2Cl6O. The Morgan fingerprint density at radius 3 is 2.00 bits per heavy atom. The molecule has 0 spiro atoms. The Balaban J connectivity index is 3.22. The maximum Gasteiger partial charge on any atom is 0.248 e. The minimum absolute atomic E-state index is 0.0791. The van der Waals surface area contributed by atoms with Gasteiger partial charge in [-0.2, -0.15) is 0 Å². The zero-order valence-electron chi connectivity index (χ0n) is 6.33. The van der Waals surface area contributed by atoms with Crippen molar-refractivity contribution >= 4 is 69.6 Å². The molecule has 0 fully saturated rings. The van der Waals surface area contributed by atoms with E-state index in [1.807, 2.05) is 0 Å². The lowest BCUT2D eigenvalue weighted by atomic mass is 10.3. The van der Waals surface area contributed by atoms with Crippen LogP contribution in [-0.2, 0) is 0 Å². The van der Waals surface area contributed by atoms with Crippen LogP contribution < -0.4 is 4.74 Å². The average Bonchev–Trinajstić information content (AvgIpc) is 2.09. The van der Waals surface area contributed by atoms with Gasteiger partial charge in [0.25, 0.3) is 0 Å². The van der Waals surface area contributed by atoms with Crippen LogP contribution in [0.2, 0.25) is 20.1 Å². The number of ether oxygens (including phenoxy) is 1. The van der Waals surface area contributed by atoms with Crippen LogP contribution in [0.4, 0.5) is 0 Å². The molecule has 0 aliphatic heterocycles. The molecule has 0 unspecified atom stereocenters. The standard InChI is InChI=1S/C7H2Cl6O/c8-2-1-3(9)6(14-7(12)13)5(11)4(2)10/h1,7H. The molecule has 0 atom stereocenters. The van der Waals surface area contributed by atoms with Crippen molar-refractivity contribution in [2.24, 2.45) is 0 Å². The van der Waals surface area contributed by atoms with Gasteiger partial charge in [0.2, 0.25) is 5.02 Å². The van der Waals surface area contributed by atoms with Crippen molar-refractivity contribution in [1.29, 1.82) is 0 Å². The Morgan fingerprint density at radius 1 is 0.929 bits per heavy atom. The van der Waals surface area contributed by atoms with Crippen LogP contribution in [0.1, 0.15) is 0 Å². The lowest BCUT2D eigenvalue weighted by Gasteiger charge is -2.11. The molecule has 0 aromatic heterocycles. The van der Waals surface area contributed by atoms with E-state index in [0.29, 0.717) is 0 Å². The van der Waals surface area contributed by atoms with Gasteiger partial charge in [-0.05, 0) is 6.07 Å². The van der Waals surface area contributed by atoms with Crippen LogP contribution >= 0.6 is 69.6 Å². The van der Waals surface area contributed by atoms with Crippen molar-refractivity contribution < 1.29 is 4.74 Å². The molecule has 0 amide bonds. The number of alkyl halides is 2. The number of halogens is 6. The van der Waals surface area contributed by atoms with Crippen LogP contribution in [-0.4, -0.2) is 5.02 Å². The summed E-state index contributed by atoms with van der Waals surface area (Å²) in [4.78, 5) is 0. The molecule has 0 heterocycles.